The summed E-state index contributed by atoms with van der Waals surface area (Å²) in [6.45, 7) is 0. The Hall–Kier alpha value is -2.58. The van der Waals surface area contributed by atoms with Gasteiger partial charge >= 0.3 is 24.7 Å². The number of benzene rings is 2. The van der Waals surface area contributed by atoms with Crippen LogP contribution in [0.5, 0.6) is 0 Å². The van der Waals surface area contributed by atoms with Crippen molar-refractivity contribution in [1.82, 2.24) is 4.13 Å². The molecule has 20 heteroatoms. The summed E-state index contributed by atoms with van der Waals surface area (Å²) in [4.78, 5) is -3.88. The van der Waals surface area contributed by atoms with Gasteiger partial charge in [-0.05, 0) is 36.4 Å². The number of hydrogen-bond acceptors (Lipinski definition) is 5. The van der Waals surface area contributed by atoms with Crippen molar-refractivity contribution in [2.45, 2.75) is 34.5 Å². The fourth-order valence-corrected chi connectivity index (χ4v) is 5.46. The highest BCUT2D eigenvalue weighted by Gasteiger charge is 2.41. The van der Waals surface area contributed by atoms with Crippen LogP contribution in [-0.2, 0) is 44.8 Å². The number of sulfonamides is 2. The maximum absolute atomic E-state index is 12.9. The van der Waals surface area contributed by atoms with Gasteiger partial charge in [0.1, 0.15) is 0 Å². The molecule has 0 unspecified atom stereocenters. The molecule has 2 aromatic rings. The number of alkyl halides is 12. The predicted molar refractivity (Wildman–Crippen MR) is 98.5 cm³/mol. The van der Waals surface area contributed by atoms with E-state index in [1.165, 1.54) is 0 Å². The Morgan fingerprint density at radius 1 is 0.486 bits per heavy atom. The smallest absolute Gasteiger partial charge is 0.400 e. The normalized spacial score (nSPS) is 13.7. The molecule has 0 atom stereocenters. The van der Waals surface area contributed by atoms with E-state index in [9.17, 15) is 69.5 Å². The highest BCUT2D eigenvalue weighted by molar-refractivity contribution is 8.04. The second-order valence-corrected chi connectivity index (χ2v) is 10.2. The van der Waals surface area contributed by atoms with Gasteiger partial charge in [-0.1, -0.05) is 0 Å². The lowest BCUT2D eigenvalue weighted by Crippen LogP contribution is -2.31. The zero-order valence-corrected chi connectivity index (χ0v) is 19.0. The summed E-state index contributed by atoms with van der Waals surface area (Å²) in [7, 11) is -10.9. The molecule has 0 bridgehead atoms. The van der Waals surface area contributed by atoms with Gasteiger partial charge in [0, 0.05) is 7.11 Å². The average Bonchev–Trinajstić information content (AvgIpc) is 2.71. The molecule has 0 saturated heterocycles. The molecular formula is C17H11F12NO5S2. The van der Waals surface area contributed by atoms with Crippen molar-refractivity contribution in [2.75, 3.05) is 7.11 Å². The Morgan fingerprint density at radius 3 is 0.838 bits per heavy atom. The second-order valence-electron chi connectivity index (χ2n) is 6.57. The standard InChI is InChI=1S/C16H7F12NO4S2.CH4O/c17-13(18,19)7-1-8(14(20,21)22)4-11(3-7)34(30,31)29-35(32,33)12-5-9(15(23,24)25)2-10(6-12)16(26,27)28;1-2/h1-6,29H;2H,1H3. The first-order valence-electron chi connectivity index (χ1n) is 8.66. The van der Waals surface area contributed by atoms with Crippen molar-refractivity contribution < 1.29 is 74.6 Å². The maximum atomic E-state index is 12.9. The van der Waals surface area contributed by atoms with Crippen LogP contribution in [-0.4, -0.2) is 29.1 Å². The number of aliphatic hydroxyl groups is 1. The number of hydrogen-bond donors (Lipinski definition) is 2. The zero-order chi connectivity index (χ0) is 29.4. The van der Waals surface area contributed by atoms with Crippen LogP contribution < -0.4 is 4.13 Å². The van der Waals surface area contributed by atoms with E-state index in [0.29, 0.717) is 4.13 Å². The van der Waals surface area contributed by atoms with Gasteiger partial charge in [0.2, 0.25) is 0 Å². The van der Waals surface area contributed by atoms with Gasteiger partial charge in [0.05, 0.1) is 32.0 Å². The molecule has 0 heterocycles. The van der Waals surface area contributed by atoms with Crippen molar-refractivity contribution in [3.63, 3.8) is 0 Å². The molecule has 0 aliphatic heterocycles. The van der Waals surface area contributed by atoms with E-state index in [1.807, 2.05) is 0 Å². The average molecular weight is 601 g/mol. The molecule has 6 nitrogen and oxygen atoms in total. The topological polar surface area (TPSA) is 101 Å². The minimum Gasteiger partial charge on any atom is -0.400 e. The highest BCUT2D eigenvalue weighted by atomic mass is 32.3. The van der Waals surface area contributed by atoms with Crippen LogP contribution in [0.2, 0.25) is 0 Å². The maximum Gasteiger partial charge on any atom is 0.416 e. The van der Waals surface area contributed by atoms with Crippen LogP contribution in [0, 0.1) is 0 Å². The predicted octanol–water partition coefficient (Wildman–Crippen LogP) is 5.04. The molecule has 2 N–H and O–H groups in total. The number of nitrogens with one attached hydrogen (secondary N) is 1. The Morgan fingerprint density at radius 2 is 0.676 bits per heavy atom. The van der Waals surface area contributed by atoms with Crippen LogP contribution in [0.25, 0.3) is 0 Å². The molecular weight excluding hydrogens is 590 g/mol. The van der Waals surface area contributed by atoms with Crippen molar-refractivity contribution in [3.8, 4) is 0 Å². The molecule has 0 saturated carbocycles. The largest absolute Gasteiger partial charge is 0.416 e. The van der Waals surface area contributed by atoms with E-state index in [4.69, 9.17) is 5.11 Å². The van der Waals surface area contributed by atoms with Crippen LogP contribution in [0.3, 0.4) is 0 Å². The first-order valence-corrected chi connectivity index (χ1v) is 11.6. The van der Waals surface area contributed by atoms with Crippen molar-refractivity contribution in [2.24, 2.45) is 0 Å². The molecule has 2 aromatic carbocycles. The minimum atomic E-state index is -5.93. The van der Waals surface area contributed by atoms with Crippen molar-refractivity contribution in [1.29, 1.82) is 0 Å². The van der Waals surface area contributed by atoms with E-state index >= 15 is 0 Å². The highest BCUT2D eigenvalue weighted by Crippen LogP contribution is 2.39. The summed E-state index contributed by atoms with van der Waals surface area (Å²) in [5.74, 6) is 0. The third-order valence-electron chi connectivity index (χ3n) is 3.96. The van der Waals surface area contributed by atoms with Gasteiger partial charge in [-0.25, -0.2) is 16.8 Å². The fraction of sp³-hybridized carbons (Fsp3) is 0.294. The summed E-state index contributed by atoms with van der Waals surface area (Å²) in [6, 6.07) is -2.67. The quantitative estimate of drug-likeness (QED) is 0.479. The van der Waals surface area contributed by atoms with Crippen LogP contribution in [0.1, 0.15) is 22.3 Å². The van der Waals surface area contributed by atoms with E-state index in [-0.39, 0.29) is 0 Å². The number of aliphatic hydroxyl groups excluding tert-OH is 1. The number of halogens is 12. The molecule has 0 spiro atoms. The molecule has 210 valence electrons. The van der Waals surface area contributed by atoms with Gasteiger partial charge in [0.15, 0.2) is 0 Å². The third kappa shape index (κ3) is 8.20. The summed E-state index contributed by atoms with van der Waals surface area (Å²) >= 11 is 0. The van der Waals surface area contributed by atoms with Crippen LogP contribution in [0.15, 0.2) is 46.2 Å². The Balaban J connectivity index is 0.00000334. The van der Waals surface area contributed by atoms with E-state index in [1.54, 1.807) is 0 Å². The molecule has 0 aromatic heterocycles. The first-order chi connectivity index (χ1) is 16.3. The molecule has 37 heavy (non-hydrogen) atoms. The third-order valence-corrected chi connectivity index (χ3v) is 7.43. The lowest BCUT2D eigenvalue weighted by atomic mass is 10.1. The van der Waals surface area contributed by atoms with E-state index < -0.39 is 113 Å². The molecule has 0 amide bonds. The molecule has 0 radical (unpaired) electrons. The molecule has 2 rings (SSSR count). The number of rotatable bonds is 4. The summed E-state index contributed by atoms with van der Waals surface area (Å²) in [5, 5.41) is 7.00. The minimum absolute atomic E-state index is 0.416. The Bertz CT molecular complexity index is 1170. The summed E-state index contributed by atoms with van der Waals surface area (Å²) in [5.41, 5.74) is -8.76. The van der Waals surface area contributed by atoms with Gasteiger partial charge in [-0.2, -0.15) is 52.7 Å². The summed E-state index contributed by atoms with van der Waals surface area (Å²) in [6.07, 6.45) is -22.2. The first kappa shape index (κ1) is 32.4. The van der Waals surface area contributed by atoms with Crippen LogP contribution in [0.4, 0.5) is 52.7 Å². The van der Waals surface area contributed by atoms with E-state index in [2.05, 4.69) is 0 Å². The molecule has 0 aliphatic rings. The van der Waals surface area contributed by atoms with Gasteiger partial charge in [-0.3, -0.25) is 0 Å². The molecule has 0 fully saturated rings. The lowest BCUT2D eigenvalue weighted by molar-refractivity contribution is -0.145. The molecule has 0 aliphatic carbocycles. The van der Waals surface area contributed by atoms with Gasteiger partial charge in [0.25, 0.3) is 20.0 Å². The van der Waals surface area contributed by atoms with E-state index in [0.717, 1.165) is 7.11 Å². The van der Waals surface area contributed by atoms with Crippen LogP contribution >= 0.6 is 0 Å². The Kier molecular flexibility index (Phi) is 9.03. The Labute approximate surface area is 199 Å². The van der Waals surface area contributed by atoms with Gasteiger partial charge < -0.3 is 5.11 Å². The monoisotopic (exact) mass is 601 g/mol. The van der Waals surface area contributed by atoms with Crippen molar-refractivity contribution in [3.05, 3.63) is 58.7 Å². The summed E-state index contributed by atoms with van der Waals surface area (Å²) < 4.78 is 205. The second kappa shape index (κ2) is 10.3. The van der Waals surface area contributed by atoms with Gasteiger partial charge in [-0.15, -0.1) is 4.13 Å². The van der Waals surface area contributed by atoms with Crippen molar-refractivity contribution >= 4 is 20.0 Å². The lowest BCUT2D eigenvalue weighted by Gasteiger charge is -2.16. The fourth-order valence-electron chi connectivity index (χ4n) is 2.40. The SMILES string of the molecule is CO.O=S(=O)(NS(=O)(=O)c1cc(C(F)(F)F)cc(C(F)(F)F)c1)c1cc(C(F)(F)F)cc(C(F)(F)F)c1. The zero-order valence-electron chi connectivity index (χ0n) is 17.4.